The fourth-order valence-corrected chi connectivity index (χ4v) is 11.3. The summed E-state index contributed by atoms with van der Waals surface area (Å²) in [7, 11) is 1.66. The van der Waals surface area contributed by atoms with E-state index in [1.165, 1.54) is 34.1 Å². The number of ether oxygens (including phenoxy) is 1. The van der Waals surface area contributed by atoms with Crippen molar-refractivity contribution in [2.45, 2.75) is 71.6 Å². The molecule has 9 rings (SSSR count). The van der Waals surface area contributed by atoms with Crippen LogP contribution in [0.2, 0.25) is 5.02 Å². The third-order valence-corrected chi connectivity index (χ3v) is 15.6. The van der Waals surface area contributed by atoms with Crippen LogP contribution in [-0.4, -0.2) is 147 Å². The number of amides is 4. The Morgan fingerprint density at radius 2 is 1.75 bits per heavy atom. The number of nitrogens with zero attached hydrogens (tertiary/aromatic N) is 8. The number of carbonyl (C=O) groups excluding carboxylic acids is 4. The number of aromatic nitrogens is 4. The lowest BCUT2D eigenvalue weighted by Gasteiger charge is -2.35. The van der Waals surface area contributed by atoms with Gasteiger partial charge in [0.15, 0.2) is 5.82 Å². The van der Waals surface area contributed by atoms with E-state index in [0.29, 0.717) is 65.2 Å². The van der Waals surface area contributed by atoms with Crippen LogP contribution < -0.4 is 15.5 Å². The van der Waals surface area contributed by atoms with Crippen molar-refractivity contribution in [1.82, 2.24) is 40.1 Å². The zero-order valence-electron chi connectivity index (χ0n) is 43.8. The van der Waals surface area contributed by atoms with Crippen molar-refractivity contribution in [3.05, 3.63) is 112 Å². The number of β-amino-alcohol motifs (C(OH)–C–C–N with tert-alkyl or cyclic N) is 1. The Morgan fingerprint density at radius 1 is 1.00 bits per heavy atom. The highest BCUT2D eigenvalue weighted by atomic mass is 35.5. The maximum absolute atomic E-state index is 17.1. The average Bonchev–Trinajstić information content (AvgIpc) is 4.20. The summed E-state index contributed by atoms with van der Waals surface area (Å²) in [6.45, 7) is 11.2. The Labute approximate surface area is 454 Å². The summed E-state index contributed by atoms with van der Waals surface area (Å²) in [5.41, 5.74) is 5.48. The van der Waals surface area contributed by atoms with E-state index in [9.17, 15) is 29.4 Å². The summed E-state index contributed by atoms with van der Waals surface area (Å²) in [4.78, 5) is 75.8. The number of aliphatic hydroxyl groups excluding tert-OH is 1. The highest BCUT2D eigenvalue weighted by molar-refractivity contribution is 7.13. The van der Waals surface area contributed by atoms with Gasteiger partial charge in [0.05, 0.1) is 52.2 Å². The number of fused-ring (bicyclic) bond motifs is 2. The minimum Gasteiger partial charge on any atom is -0.508 e. The van der Waals surface area contributed by atoms with Crippen molar-refractivity contribution in [3.63, 3.8) is 0 Å². The number of hydrogen-bond acceptors (Lipinski definition) is 15. The van der Waals surface area contributed by atoms with Crippen molar-refractivity contribution in [1.29, 1.82) is 0 Å². The molecule has 5 heterocycles. The average molecular weight is 1090 g/mol. The molecule has 0 aliphatic carbocycles. The van der Waals surface area contributed by atoms with Gasteiger partial charge in [-0.2, -0.15) is 4.98 Å². The molecule has 3 aromatic heterocycles. The number of benzene rings is 4. The highest BCUT2D eigenvalue weighted by Crippen LogP contribution is 2.43. The maximum Gasteiger partial charge on any atom is 0.243 e. The maximum atomic E-state index is 17.1. The lowest BCUT2D eigenvalue weighted by atomic mass is 9.91. The van der Waals surface area contributed by atoms with E-state index in [1.54, 1.807) is 42.6 Å². The summed E-state index contributed by atoms with van der Waals surface area (Å²) >= 11 is 8.44. The molecule has 0 radical (unpaired) electrons. The van der Waals surface area contributed by atoms with Gasteiger partial charge in [-0.15, -0.1) is 11.3 Å². The number of thiazole rings is 1. The monoisotopic (exact) mass is 1090 g/mol. The minimum absolute atomic E-state index is 0.0106. The topological polar surface area (TPSA) is 220 Å². The molecule has 0 spiro atoms. The van der Waals surface area contributed by atoms with Crippen LogP contribution >= 0.6 is 22.9 Å². The first-order valence-corrected chi connectivity index (χ1v) is 26.9. The molecule has 4 aromatic carbocycles. The van der Waals surface area contributed by atoms with E-state index < -0.39 is 35.8 Å². The molecule has 2 saturated heterocycles. The van der Waals surface area contributed by atoms with Crippen LogP contribution in [0.15, 0.2) is 82.8 Å². The van der Waals surface area contributed by atoms with Gasteiger partial charge in [0.1, 0.15) is 34.8 Å². The molecule has 404 valence electrons. The van der Waals surface area contributed by atoms with Crippen molar-refractivity contribution in [2.24, 2.45) is 5.92 Å². The first kappa shape index (κ1) is 54.5. The van der Waals surface area contributed by atoms with Gasteiger partial charge < -0.3 is 49.7 Å². The standard InChI is InChI=1S/C56H62ClFN10O8S/c1-31(2)48(46-23-32(3)64-76-46)55(74)68-28-39(71)26-45(68)54(73)61-44(35-11-13-36(14-12-35)52-33(4)60-30-77-52)29-75-22-21-65(6)47(72)15-16-59-56-62-51-42(53(63-56)67-19-17-66(18-20-67)34(5)69)27-43(57)49(50(51)58)41-25-38(70)24-37-9-7-8-10-40(37)41/h7-14,23-25,27,30-31,39,44-45,48,70-71H,15-22,26,28-29H2,1-6H3,(H,61,73)(H,59,62,63)/t39-,44+,45+,48+/m1/s1. The summed E-state index contributed by atoms with van der Waals surface area (Å²) in [5.74, 6) is -1.81. The molecule has 0 saturated carbocycles. The number of likely N-dealkylation sites (tertiary alicyclic amines) is 1. The number of rotatable bonds is 18. The number of aromatic hydroxyl groups is 1. The highest BCUT2D eigenvalue weighted by Gasteiger charge is 2.44. The molecule has 4 N–H and O–H groups in total. The number of carbonyl (C=O) groups is 4. The number of aryl methyl sites for hydroxylation is 2. The van der Waals surface area contributed by atoms with Gasteiger partial charge in [0, 0.05) is 89.6 Å². The molecule has 4 atom stereocenters. The summed E-state index contributed by atoms with van der Waals surface area (Å²) in [5, 5.41) is 33.6. The Morgan fingerprint density at radius 3 is 2.44 bits per heavy atom. The number of likely N-dealkylation sites (N-methyl/N-ethyl adjacent to an activating group) is 1. The fourth-order valence-electron chi connectivity index (χ4n) is 10.2. The van der Waals surface area contributed by atoms with Gasteiger partial charge >= 0.3 is 0 Å². The van der Waals surface area contributed by atoms with Crippen molar-refractivity contribution < 1.29 is 43.0 Å². The quantitative estimate of drug-likeness (QED) is 0.0601. The van der Waals surface area contributed by atoms with Gasteiger partial charge in [-0.3, -0.25) is 19.2 Å². The molecule has 7 aromatic rings. The number of hydrogen-bond donors (Lipinski definition) is 4. The molecular weight excluding hydrogens is 1030 g/mol. The second kappa shape index (κ2) is 23.5. The van der Waals surface area contributed by atoms with Gasteiger partial charge in [-0.1, -0.05) is 79.1 Å². The molecule has 0 bridgehead atoms. The third kappa shape index (κ3) is 12.0. The Hall–Kier alpha value is -7.26. The second-order valence-corrected chi connectivity index (χ2v) is 21.3. The lowest BCUT2D eigenvalue weighted by molar-refractivity contribution is -0.141. The third-order valence-electron chi connectivity index (χ3n) is 14.3. The van der Waals surface area contributed by atoms with E-state index in [0.717, 1.165) is 21.7 Å². The summed E-state index contributed by atoms with van der Waals surface area (Å²) < 4.78 is 28.8. The molecule has 21 heteroatoms. The summed E-state index contributed by atoms with van der Waals surface area (Å²) in [6.07, 6.45) is -0.838. The minimum atomic E-state index is -0.961. The van der Waals surface area contributed by atoms with Crippen LogP contribution in [0.1, 0.15) is 68.3 Å². The van der Waals surface area contributed by atoms with Gasteiger partial charge in [-0.05, 0) is 65.4 Å². The number of piperazine rings is 1. The number of anilines is 2. The van der Waals surface area contributed by atoms with E-state index in [2.05, 4.69) is 25.8 Å². The smallest absolute Gasteiger partial charge is 0.243 e. The van der Waals surface area contributed by atoms with E-state index in [4.69, 9.17) is 25.8 Å². The van der Waals surface area contributed by atoms with Gasteiger partial charge in [-0.25, -0.2) is 14.4 Å². The van der Waals surface area contributed by atoms with Crippen LogP contribution in [0.4, 0.5) is 16.2 Å². The van der Waals surface area contributed by atoms with Crippen molar-refractivity contribution >= 4 is 80.0 Å². The fraction of sp³-hybridized carbons (Fsp3) is 0.393. The summed E-state index contributed by atoms with van der Waals surface area (Å²) in [6, 6.07) is 19.8. The predicted octanol–water partition coefficient (Wildman–Crippen LogP) is 7.88. The normalized spacial score (nSPS) is 16.6. The van der Waals surface area contributed by atoms with E-state index in [-0.39, 0.29) is 97.1 Å². The molecular formula is C56H62ClFN10O8S. The number of halogens is 2. The van der Waals surface area contributed by atoms with Crippen LogP contribution in [0, 0.1) is 25.6 Å². The zero-order valence-corrected chi connectivity index (χ0v) is 45.3. The molecule has 2 aliphatic heterocycles. The Balaban J connectivity index is 0.875. The molecule has 0 unspecified atom stereocenters. The van der Waals surface area contributed by atoms with Crippen molar-refractivity contribution in [2.75, 3.05) is 76.3 Å². The first-order chi connectivity index (χ1) is 36.9. The van der Waals surface area contributed by atoms with Crippen LogP contribution in [0.25, 0.3) is 43.2 Å². The SMILES string of the molecule is CC(=O)N1CCN(c2nc(NCCC(=O)N(C)CCOC[C@H](NC(=O)[C@@H]3C[C@@H](O)CN3C(=O)[C@H](c3cc(C)no3)C(C)C)c3ccc(-c4scnc4C)cc3)nc3c(F)c(-c4cc(O)cc5ccccc45)c(Cl)cc23)CC1. The number of phenols is 1. The molecule has 18 nitrogen and oxygen atoms in total. The molecule has 2 fully saturated rings. The second-order valence-electron chi connectivity index (χ2n) is 20.0. The first-order valence-electron chi connectivity index (χ1n) is 25.7. The van der Waals surface area contributed by atoms with Crippen LogP contribution in [0.3, 0.4) is 0 Å². The zero-order chi connectivity index (χ0) is 54.7. The molecule has 2 aliphatic rings. The van der Waals surface area contributed by atoms with E-state index >= 15 is 4.39 Å². The molecule has 4 amide bonds. The van der Waals surface area contributed by atoms with Crippen LogP contribution in [0.5, 0.6) is 5.75 Å². The number of aliphatic hydroxyl groups is 1. The van der Waals surface area contributed by atoms with Gasteiger partial charge in [0.2, 0.25) is 29.6 Å². The Bertz CT molecular complexity index is 3310. The number of nitrogens with one attached hydrogen (secondary N) is 2. The lowest BCUT2D eigenvalue weighted by Crippen LogP contribution is -2.49. The largest absolute Gasteiger partial charge is 0.508 e. The van der Waals surface area contributed by atoms with Crippen molar-refractivity contribution in [3.8, 4) is 27.3 Å². The van der Waals surface area contributed by atoms with E-state index in [1.807, 2.05) is 74.2 Å². The predicted molar refractivity (Wildman–Crippen MR) is 293 cm³/mol. The molecule has 77 heavy (non-hydrogen) atoms. The van der Waals surface area contributed by atoms with Gasteiger partial charge in [0.25, 0.3) is 0 Å². The van der Waals surface area contributed by atoms with Crippen LogP contribution in [-0.2, 0) is 23.9 Å². The Kier molecular flexibility index (Phi) is 16.7. The number of phenolic OH excluding ortho intramolecular Hbond substituents is 1.